The third-order valence-corrected chi connectivity index (χ3v) is 2.14. The lowest BCUT2D eigenvalue weighted by molar-refractivity contribution is 0.579. The quantitative estimate of drug-likeness (QED) is 0.567. The molecule has 1 heteroatoms. The fourth-order valence-corrected chi connectivity index (χ4v) is 1.29. The zero-order valence-electron chi connectivity index (χ0n) is 8.80. The average molecular weight is 167 g/mol. The van der Waals surface area contributed by atoms with E-state index in [1.807, 2.05) is 20.9 Å². The number of hydrogen-bond donors (Lipinski definition) is 0. The van der Waals surface area contributed by atoms with Crippen LogP contribution in [0.2, 0.25) is 0 Å². The Labute approximate surface area is 76.6 Å². The number of hydrogen-bond acceptors (Lipinski definition) is 1. The van der Waals surface area contributed by atoms with Crippen LogP contribution in [0.5, 0.6) is 0 Å². The molecule has 0 aromatic rings. The van der Waals surface area contributed by atoms with Gasteiger partial charge in [-0.1, -0.05) is 26.8 Å². The Balaban J connectivity index is 0.000000561. The van der Waals surface area contributed by atoms with E-state index in [1.54, 1.807) is 0 Å². The van der Waals surface area contributed by atoms with Crippen LogP contribution in [0, 0.1) is 5.92 Å². The van der Waals surface area contributed by atoms with Crippen molar-refractivity contribution in [3.8, 4) is 0 Å². The molecule has 0 aliphatic heterocycles. The van der Waals surface area contributed by atoms with Gasteiger partial charge in [0.25, 0.3) is 0 Å². The standard InChI is InChI=1S/C9H15N.C2H6/c1-3-8-4-6-9(10-2)7-5-8;1-2/h4,6,8H,3,5,7H2,1-2H3;1-2H3. The van der Waals surface area contributed by atoms with Crippen molar-refractivity contribution in [3.05, 3.63) is 12.2 Å². The van der Waals surface area contributed by atoms with Crippen LogP contribution in [0.4, 0.5) is 0 Å². The predicted molar refractivity (Wildman–Crippen MR) is 56.9 cm³/mol. The summed E-state index contributed by atoms with van der Waals surface area (Å²) >= 11 is 0. The number of allylic oxidation sites excluding steroid dienone is 2. The van der Waals surface area contributed by atoms with Gasteiger partial charge < -0.3 is 0 Å². The first-order valence-corrected chi connectivity index (χ1v) is 5.00. The first-order valence-electron chi connectivity index (χ1n) is 5.00. The van der Waals surface area contributed by atoms with E-state index < -0.39 is 0 Å². The molecule has 1 nitrogen and oxygen atoms in total. The highest BCUT2D eigenvalue weighted by atomic mass is 14.7. The van der Waals surface area contributed by atoms with Crippen molar-refractivity contribution in [1.29, 1.82) is 0 Å². The Hall–Kier alpha value is -0.590. The Morgan fingerprint density at radius 3 is 2.50 bits per heavy atom. The maximum atomic E-state index is 4.15. The van der Waals surface area contributed by atoms with Crippen molar-refractivity contribution >= 4 is 5.71 Å². The second kappa shape index (κ2) is 7.08. The topological polar surface area (TPSA) is 12.4 Å². The highest BCUT2D eigenvalue weighted by Crippen LogP contribution is 2.17. The third-order valence-electron chi connectivity index (χ3n) is 2.14. The predicted octanol–water partition coefficient (Wildman–Crippen LogP) is 3.46. The van der Waals surface area contributed by atoms with Crippen LogP contribution < -0.4 is 0 Å². The Kier molecular flexibility index (Phi) is 6.73. The zero-order chi connectivity index (χ0) is 9.40. The Bertz CT molecular complexity index is 156. The van der Waals surface area contributed by atoms with Gasteiger partial charge >= 0.3 is 0 Å². The zero-order valence-corrected chi connectivity index (χ0v) is 8.80. The van der Waals surface area contributed by atoms with Crippen molar-refractivity contribution in [3.63, 3.8) is 0 Å². The smallest absolute Gasteiger partial charge is 0.0342 e. The normalized spacial score (nSPS) is 25.0. The summed E-state index contributed by atoms with van der Waals surface area (Å²) in [6.45, 7) is 6.24. The van der Waals surface area contributed by atoms with Crippen LogP contribution in [0.3, 0.4) is 0 Å². The molecule has 0 saturated carbocycles. The average Bonchev–Trinajstić information content (AvgIpc) is 2.21. The second-order valence-electron chi connectivity index (χ2n) is 2.78. The molecule has 0 heterocycles. The molecule has 70 valence electrons. The molecule has 1 atom stereocenters. The Morgan fingerprint density at radius 1 is 1.50 bits per heavy atom. The van der Waals surface area contributed by atoms with Gasteiger partial charge in [0.2, 0.25) is 0 Å². The van der Waals surface area contributed by atoms with Crippen molar-refractivity contribution in [2.75, 3.05) is 7.05 Å². The largest absolute Gasteiger partial charge is 0.293 e. The van der Waals surface area contributed by atoms with Crippen molar-refractivity contribution < 1.29 is 0 Å². The van der Waals surface area contributed by atoms with E-state index in [2.05, 4.69) is 24.1 Å². The SMILES string of the molecule is CC.CCC1C=CC(=NC)CC1. The van der Waals surface area contributed by atoms with E-state index in [1.165, 1.54) is 25.0 Å². The third kappa shape index (κ3) is 3.70. The minimum Gasteiger partial charge on any atom is -0.293 e. The summed E-state index contributed by atoms with van der Waals surface area (Å²) in [6.07, 6.45) is 8.18. The molecule has 0 bridgehead atoms. The van der Waals surface area contributed by atoms with Crippen molar-refractivity contribution in [2.45, 2.75) is 40.0 Å². The van der Waals surface area contributed by atoms with Crippen LogP contribution in [0.15, 0.2) is 17.1 Å². The van der Waals surface area contributed by atoms with Crippen molar-refractivity contribution in [1.82, 2.24) is 0 Å². The summed E-state index contributed by atoms with van der Waals surface area (Å²) < 4.78 is 0. The molecule has 0 N–H and O–H groups in total. The van der Waals surface area contributed by atoms with Crippen molar-refractivity contribution in [2.24, 2.45) is 10.9 Å². The molecule has 1 aliphatic rings. The van der Waals surface area contributed by atoms with Gasteiger partial charge in [-0.2, -0.15) is 0 Å². The van der Waals surface area contributed by atoms with Gasteiger partial charge in [0.05, 0.1) is 0 Å². The molecule has 1 rings (SSSR count). The first kappa shape index (κ1) is 11.4. The second-order valence-corrected chi connectivity index (χ2v) is 2.78. The first-order chi connectivity index (χ1) is 5.86. The summed E-state index contributed by atoms with van der Waals surface area (Å²) in [7, 11) is 1.87. The van der Waals surface area contributed by atoms with Crippen LogP contribution in [0.25, 0.3) is 0 Å². The summed E-state index contributed by atoms with van der Waals surface area (Å²) in [6, 6.07) is 0. The van der Waals surface area contributed by atoms with Gasteiger partial charge in [-0.05, 0) is 31.3 Å². The molecule has 0 aromatic carbocycles. The van der Waals surface area contributed by atoms with E-state index in [4.69, 9.17) is 0 Å². The summed E-state index contributed by atoms with van der Waals surface area (Å²) in [4.78, 5) is 4.15. The highest BCUT2D eigenvalue weighted by molar-refractivity contribution is 5.95. The highest BCUT2D eigenvalue weighted by Gasteiger charge is 2.08. The van der Waals surface area contributed by atoms with E-state index in [9.17, 15) is 0 Å². The molecule has 0 radical (unpaired) electrons. The van der Waals surface area contributed by atoms with Gasteiger partial charge in [0.15, 0.2) is 0 Å². The minimum atomic E-state index is 0.811. The number of aliphatic imine (C=N–C) groups is 1. The molecule has 0 saturated heterocycles. The fourth-order valence-electron chi connectivity index (χ4n) is 1.29. The van der Waals surface area contributed by atoms with Crippen LogP contribution >= 0.6 is 0 Å². The molecule has 12 heavy (non-hydrogen) atoms. The lowest BCUT2D eigenvalue weighted by Gasteiger charge is -2.14. The summed E-state index contributed by atoms with van der Waals surface area (Å²) in [5.41, 5.74) is 1.25. The molecule has 0 aromatic heterocycles. The van der Waals surface area contributed by atoms with Crippen LogP contribution in [0.1, 0.15) is 40.0 Å². The lowest BCUT2D eigenvalue weighted by Crippen LogP contribution is -2.06. The molecule has 0 amide bonds. The van der Waals surface area contributed by atoms with E-state index in [0.29, 0.717) is 0 Å². The van der Waals surface area contributed by atoms with Gasteiger partial charge in [-0.15, -0.1) is 0 Å². The van der Waals surface area contributed by atoms with Gasteiger partial charge in [-0.3, -0.25) is 4.99 Å². The van der Waals surface area contributed by atoms with Gasteiger partial charge in [0, 0.05) is 12.8 Å². The van der Waals surface area contributed by atoms with Crippen LogP contribution in [-0.2, 0) is 0 Å². The molecular formula is C11H21N. The summed E-state index contributed by atoms with van der Waals surface area (Å²) in [5.74, 6) is 0.811. The molecule has 0 spiro atoms. The fraction of sp³-hybridized carbons (Fsp3) is 0.727. The minimum absolute atomic E-state index is 0.811. The number of rotatable bonds is 1. The molecule has 0 fully saturated rings. The van der Waals surface area contributed by atoms with E-state index >= 15 is 0 Å². The van der Waals surface area contributed by atoms with Gasteiger partial charge in [-0.25, -0.2) is 0 Å². The van der Waals surface area contributed by atoms with E-state index in [-0.39, 0.29) is 0 Å². The molecule has 1 unspecified atom stereocenters. The van der Waals surface area contributed by atoms with Crippen LogP contribution in [-0.4, -0.2) is 12.8 Å². The van der Waals surface area contributed by atoms with E-state index in [0.717, 1.165) is 5.92 Å². The molecule has 1 aliphatic carbocycles. The molecular weight excluding hydrogens is 146 g/mol. The Morgan fingerprint density at radius 2 is 2.17 bits per heavy atom. The maximum Gasteiger partial charge on any atom is 0.0342 e. The van der Waals surface area contributed by atoms with Gasteiger partial charge in [0.1, 0.15) is 0 Å². The lowest BCUT2D eigenvalue weighted by atomic mass is 9.93. The monoisotopic (exact) mass is 167 g/mol. The number of nitrogens with zero attached hydrogens (tertiary/aromatic N) is 1. The summed E-state index contributed by atoms with van der Waals surface area (Å²) in [5, 5.41) is 0. The maximum absolute atomic E-state index is 4.15.